The normalized spacial score (nSPS) is 24.5. The first-order valence-corrected chi connectivity index (χ1v) is 13.5. The van der Waals surface area contributed by atoms with E-state index in [2.05, 4.69) is 26.5 Å². The fraction of sp³-hybridized carbons (Fsp3) is 0.429. The second-order valence-corrected chi connectivity index (χ2v) is 11.1. The van der Waals surface area contributed by atoms with Gasteiger partial charge in [0.1, 0.15) is 11.9 Å². The number of piperidine rings is 1. The summed E-state index contributed by atoms with van der Waals surface area (Å²) in [5.74, 6) is -0.0182. The molecule has 3 aromatic rings. The molecular formula is C28H29N7O4. The molecule has 1 aromatic carbocycles. The summed E-state index contributed by atoms with van der Waals surface area (Å²) in [4.78, 5) is 55.3. The van der Waals surface area contributed by atoms with Gasteiger partial charge in [-0.3, -0.25) is 34.1 Å². The number of carbonyl (C=O) groups excluding carboxylic acids is 4. The lowest BCUT2D eigenvalue weighted by Gasteiger charge is -2.35. The summed E-state index contributed by atoms with van der Waals surface area (Å²) in [7, 11) is 2.01. The maximum atomic E-state index is 13.1. The summed E-state index contributed by atoms with van der Waals surface area (Å²) >= 11 is 0. The lowest BCUT2D eigenvalue weighted by atomic mass is 9.80. The number of hydrogen-bond donors (Lipinski definition) is 2. The Morgan fingerprint density at radius 2 is 1.82 bits per heavy atom. The third kappa shape index (κ3) is 4.03. The van der Waals surface area contributed by atoms with Gasteiger partial charge in [0.05, 0.1) is 28.4 Å². The first-order valence-electron chi connectivity index (χ1n) is 13.5. The first kappa shape index (κ1) is 23.8. The molecule has 1 saturated heterocycles. The van der Waals surface area contributed by atoms with Gasteiger partial charge in [0.2, 0.25) is 11.8 Å². The van der Waals surface area contributed by atoms with Gasteiger partial charge in [-0.25, -0.2) is 4.98 Å². The lowest BCUT2D eigenvalue weighted by molar-refractivity contribution is -0.136. The van der Waals surface area contributed by atoms with Crippen molar-refractivity contribution in [2.24, 2.45) is 13.0 Å². The number of anilines is 1. The quantitative estimate of drug-likeness (QED) is 0.452. The van der Waals surface area contributed by atoms with Crippen LogP contribution >= 0.6 is 0 Å². The Labute approximate surface area is 224 Å². The molecule has 11 nitrogen and oxygen atoms in total. The molecule has 1 unspecified atom stereocenters. The maximum Gasteiger partial charge on any atom is 0.262 e. The van der Waals surface area contributed by atoms with Crippen molar-refractivity contribution in [1.29, 1.82) is 0 Å². The number of amides is 4. The Hall–Kier alpha value is -4.28. The van der Waals surface area contributed by atoms with Crippen LogP contribution in [0.3, 0.4) is 0 Å². The predicted molar refractivity (Wildman–Crippen MR) is 140 cm³/mol. The molecule has 2 aliphatic heterocycles. The predicted octanol–water partition coefficient (Wildman–Crippen LogP) is 2.63. The Morgan fingerprint density at radius 3 is 2.54 bits per heavy atom. The number of rotatable bonds is 7. The molecule has 4 heterocycles. The van der Waals surface area contributed by atoms with Gasteiger partial charge in [0, 0.05) is 50.2 Å². The summed E-state index contributed by atoms with van der Waals surface area (Å²) in [6.07, 6.45) is 10.6. The van der Waals surface area contributed by atoms with Crippen LogP contribution in [0.1, 0.15) is 76.9 Å². The molecule has 0 radical (unpaired) electrons. The minimum atomic E-state index is -0.959. The fourth-order valence-electron chi connectivity index (χ4n) is 5.97. The van der Waals surface area contributed by atoms with Gasteiger partial charge in [-0.1, -0.05) is 0 Å². The second kappa shape index (κ2) is 8.89. The van der Waals surface area contributed by atoms with E-state index in [0.717, 1.165) is 47.1 Å². The number of fused-ring (bicyclic) bond motifs is 1. The maximum absolute atomic E-state index is 13.1. The zero-order chi connectivity index (χ0) is 26.8. The van der Waals surface area contributed by atoms with E-state index in [0.29, 0.717) is 17.9 Å². The van der Waals surface area contributed by atoms with Crippen LogP contribution in [0.15, 0.2) is 36.8 Å². The Bertz CT molecular complexity index is 1530. The highest BCUT2D eigenvalue weighted by molar-refractivity contribution is 6.23. The number of carbonyl (C=O) groups is 4. The SMILES string of the molecule is Cn1ccnc1-c1cn([C@H]2C[C@H](CNc3ccc4c(c3)C(=O)N(C3CCC(=O)NC3=O)C4=O)C2)nc1C1CC1. The molecule has 4 amide bonds. The highest BCUT2D eigenvalue weighted by Gasteiger charge is 2.44. The lowest BCUT2D eigenvalue weighted by Crippen LogP contribution is -2.54. The number of hydrogen-bond acceptors (Lipinski definition) is 7. The molecule has 2 saturated carbocycles. The molecule has 2 N–H and O–H groups in total. The van der Waals surface area contributed by atoms with E-state index >= 15 is 0 Å². The van der Waals surface area contributed by atoms with E-state index in [4.69, 9.17) is 5.10 Å². The van der Waals surface area contributed by atoms with Crippen LogP contribution < -0.4 is 10.6 Å². The van der Waals surface area contributed by atoms with Crippen LogP contribution in [-0.4, -0.2) is 60.4 Å². The molecule has 39 heavy (non-hydrogen) atoms. The van der Waals surface area contributed by atoms with Crippen LogP contribution in [0, 0.1) is 5.92 Å². The van der Waals surface area contributed by atoms with Crippen molar-refractivity contribution in [3.8, 4) is 11.4 Å². The van der Waals surface area contributed by atoms with Gasteiger partial charge in [0.15, 0.2) is 0 Å². The van der Waals surface area contributed by atoms with Crippen molar-refractivity contribution in [2.45, 2.75) is 56.5 Å². The summed E-state index contributed by atoms with van der Waals surface area (Å²) in [5.41, 5.74) is 3.63. The second-order valence-electron chi connectivity index (χ2n) is 11.1. The van der Waals surface area contributed by atoms with Crippen molar-refractivity contribution < 1.29 is 19.2 Å². The van der Waals surface area contributed by atoms with Gasteiger partial charge in [0.25, 0.3) is 11.8 Å². The highest BCUT2D eigenvalue weighted by atomic mass is 16.2. The van der Waals surface area contributed by atoms with Gasteiger partial charge < -0.3 is 9.88 Å². The molecule has 11 heteroatoms. The molecule has 2 aromatic heterocycles. The van der Waals surface area contributed by atoms with Crippen molar-refractivity contribution >= 4 is 29.3 Å². The first-order chi connectivity index (χ1) is 18.9. The number of aromatic nitrogens is 4. The van der Waals surface area contributed by atoms with Crippen molar-refractivity contribution in [2.75, 3.05) is 11.9 Å². The summed E-state index contributed by atoms with van der Waals surface area (Å²) in [6.45, 7) is 0.747. The van der Waals surface area contributed by atoms with Gasteiger partial charge in [-0.05, 0) is 56.2 Å². The standard InChI is InChI=1S/C28H29N7O4/c1-33-9-8-29-25(33)21-14-34(32-24(21)16-2-3-16)18-10-15(11-18)13-30-17-4-5-19-20(12-17)28(39)35(27(19)38)22-6-7-23(36)31-26(22)37/h4-5,8-9,12,14-16,18,22,30H,2-3,6-7,10-11,13H2,1H3,(H,31,36,37)/t15-,18-,22?. The van der Waals surface area contributed by atoms with E-state index in [9.17, 15) is 19.2 Å². The van der Waals surface area contributed by atoms with E-state index < -0.39 is 23.8 Å². The zero-order valence-electron chi connectivity index (χ0n) is 21.6. The molecular weight excluding hydrogens is 498 g/mol. The number of benzene rings is 1. The average Bonchev–Trinajstić information content (AvgIpc) is 3.43. The van der Waals surface area contributed by atoms with E-state index in [1.54, 1.807) is 18.2 Å². The molecule has 0 spiro atoms. The summed E-state index contributed by atoms with van der Waals surface area (Å²) < 4.78 is 4.16. The third-order valence-corrected chi connectivity index (χ3v) is 8.41. The molecule has 3 fully saturated rings. The van der Waals surface area contributed by atoms with E-state index in [1.807, 2.05) is 24.0 Å². The fourth-order valence-corrected chi connectivity index (χ4v) is 5.97. The van der Waals surface area contributed by atoms with E-state index in [1.165, 1.54) is 12.8 Å². The van der Waals surface area contributed by atoms with Gasteiger partial charge in [-0.15, -0.1) is 0 Å². The van der Waals surface area contributed by atoms with Crippen LogP contribution in [0.2, 0.25) is 0 Å². The number of imide groups is 2. The summed E-state index contributed by atoms with van der Waals surface area (Å²) in [5, 5.41) is 10.6. The molecule has 2 aliphatic carbocycles. The zero-order valence-corrected chi connectivity index (χ0v) is 21.6. The van der Waals surface area contributed by atoms with Gasteiger partial charge in [-0.2, -0.15) is 5.10 Å². The minimum absolute atomic E-state index is 0.101. The number of nitrogens with one attached hydrogen (secondary N) is 2. The summed E-state index contributed by atoms with van der Waals surface area (Å²) in [6, 6.07) is 4.51. The third-order valence-electron chi connectivity index (χ3n) is 8.41. The number of aryl methyl sites for hydroxylation is 1. The monoisotopic (exact) mass is 527 g/mol. The van der Waals surface area contributed by atoms with Crippen LogP contribution in [0.5, 0.6) is 0 Å². The smallest absolute Gasteiger partial charge is 0.262 e. The van der Waals surface area contributed by atoms with Crippen LogP contribution in [0.4, 0.5) is 5.69 Å². The van der Waals surface area contributed by atoms with Gasteiger partial charge >= 0.3 is 0 Å². The van der Waals surface area contributed by atoms with Crippen LogP contribution in [0.25, 0.3) is 11.4 Å². The Morgan fingerprint density at radius 1 is 1.03 bits per heavy atom. The Balaban J connectivity index is 0.989. The van der Waals surface area contributed by atoms with Crippen molar-refractivity contribution in [1.82, 2.24) is 29.5 Å². The average molecular weight is 528 g/mol. The highest BCUT2D eigenvalue weighted by Crippen LogP contribution is 2.45. The molecule has 1 atom stereocenters. The largest absolute Gasteiger partial charge is 0.385 e. The van der Waals surface area contributed by atoms with Crippen LogP contribution in [-0.2, 0) is 16.6 Å². The molecule has 0 bridgehead atoms. The molecule has 4 aliphatic rings. The Kier molecular flexibility index (Phi) is 5.43. The number of imidazole rings is 1. The minimum Gasteiger partial charge on any atom is -0.385 e. The van der Waals surface area contributed by atoms with Crippen molar-refractivity contribution in [3.05, 3.63) is 53.6 Å². The molecule has 200 valence electrons. The molecule has 7 rings (SSSR count). The topological polar surface area (TPSA) is 131 Å². The number of nitrogens with zero attached hydrogens (tertiary/aromatic N) is 5. The van der Waals surface area contributed by atoms with E-state index in [-0.39, 0.29) is 29.9 Å². The van der Waals surface area contributed by atoms with Crippen molar-refractivity contribution in [3.63, 3.8) is 0 Å².